The molecule has 0 unspecified atom stereocenters. The molecule has 0 atom stereocenters. The summed E-state index contributed by atoms with van der Waals surface area (Å²) in [6, 6.07) is 21.5. The van der Waals surface area contributed by atoms with E-state index < -0.39 is 79.0 Å². The van der Waals surface area contributed by atoms with Gasteiger partial charge in [-0.15, -0.1) is 0 Å². The molecule has 0 aliphatic rings. The Hall–Kier alpha value is -5.97. The van der Waals surface area contributed by atoms with Gasteiger partial charge >= 0.3 is 6.03 Å². The van der Waals surface area contributed by atoms with Gasteiger partial charge in [0, 0.05) is 22.1 Å². The van der Waals surface area contributed by atoms with Crippen molar-refractivity contribution in [2.24, 2.45) is 0 Å². The molecule has 0 saturated heterocycles. The van der Waals surface area contributed by atoms with E-state index in [1.807, 2.05) is 0 Å². The van der Waals surface area contributed by atoms with E-state index in [0.29, 0.717) is 0 Å². The molecule has 280 valence electrons. The van der Waals surface area contributed by atoms with Gasteiger partial charge in [0.15, 0.2) is 0 Å². The molecule has 0 radical (unpaired) electrons. The van der Waals surface area contributed by atoms with Crippen molar-refractivity contribution in [1.82, 2.24) is 0 Å². The van der Waals surface area contributed by atoms with Crippen molar-refractivity contribution in [3.63, 3.8) is 0 Å². The lowest BCUT2D eigenvalue weighted by Crippen LogP contribution is -2.20. The number of rotatable bonds is 10. The lowest BCUT2D eigenvalue weighted by Gasteiger charge is -2.14. The fourth-order valence-electron chi connectivity index (χ4n) is 5.43. The van der Waals surface area contributed by atoms with Crippen LogP contribution < -0.4 is 20.1 Å². The summed E-state index contributed by atoms with van der Waals surface area (Å²) in [5.74, 6) is -1.53. The van der Waals surface area contributed by atoms with Gasteiger partial charge in [-0.2, -0.15) is 16.8 Å². The van der Waals surface area contributed by atoms with E-state index in [1.54, 1.807) is 0 Å². The number of hydrogen-bond donors (Lipinski definition) is 8. The van der Waals surface area contributed by atoms with E-state index in [0.717, 1.165) is 24.3 Å². The van der Waals surface area contributed by atoms with Gasteiger partial charge < -0.3 is 20.8 Å². The number of carbonyl (C=O) groups excluding carboxylic acids is 1. The third-order valence-corrected chi connectivity index (χ3v) is 12.3. The van der Waals surface area contributed by atoms with Gasteiger partial charge in [-0.1, -0.05) is 48.5 Å². The van der Waals surface area contributed by atoms with Crippen molar-refractivity contribution in [1.29, 1.82) is 0 Å². The van der Waals surface area contributed by atoms with Crippen molar-refractivity contribution in [3.8, 4) is 11.5 Å². The maximum Gasteiger partial charge on any atom is 0.323 e. The van der Waals surface area contributed by atoms with Crippen LogP contribution in [0, 0.1) is 0 Å². The molecule has 0 fully saturated rings. The van der Waals surface area contributed by atoms with Gasteiger partial charge in [0.1, 0.15) is 21.3 Å². The maximum absolute atomic E-state index is 13.3. The molecule has 0 aliphatic carbocycles. The molecule has 6 aromatic carbocycles. The molecule has 0 bridgehead atoms. The maximum atomic E-state index is 13.3. The number of benzene rings is 6. The summed E-state index contributed by atoms with van der Waals surface area (Å²) in [7, 11) is -18.5. The summed E-state index contributed by atoms with van der Waals surface area (Å²) in [5.41, 5.74) is -0.878. The zero-order valence-electron chi connectivity index (χ0n) is 27.0. The van der Waals surface area contributed by atoms with Crippen LogP contribution in [0.2, 0.25) is 0 Å². The quantitative estimate of drug-likeness (QED) is 0.0657. The second kappa shape index (κ2) is 13.8. The largest absolute Gasteiger partial charge is 0.505 e. The number of sulfonamides is 2. The standard InChI is InChI=1S/C33H26N4O13S4/c38-31-25(15-13-19-5-1-11-27(29(19)31)53(45,46)47)36-51(41,42)23-9-3-7-21(17-23)34-33(40)35-22-8-4-10-24(18-22)52(43,44)37-26-16-14-20-6-2-12-28(54(48,49)50)30(20)32(26)39/h1-18,36-39H,(H2,34,35,40)(H,45,46,47)(H,48,49,50). The van der Waals surface area contributed by atoms with E-state index in [9.17, 15) is 57.8 Å². The molecule has 2 amide bonds. The summed E-state index contributed by atoms with van der Waals surface area (Å²) < 4.78 is 124. The summed E-state index contributed by atoms with van der Waals surface area (Å²) in [4.78, 5) is 10.8. The Labute approximate surface area is 307 Å². The molecule has 17 nitrogen and oxygen atoms in total. The van der Waals surface area contributed by atoms with Gasteiger partial charge in [0.05, 0.1) is 21.2 Å². The molecule has 0 spiro atoms. The van der Waals surface area contributed by atoms with Crippen LogP contribution in [0.25, 0.3) is 21.5 Å². The monoisotopic (exact) mass is 814 g/mol. The smallest absolute Gasteiger partial charge is 0.323 e. The van der Waals surface area contributed by atoms with E-state index in [4.69, 9.17) is 0 Å². The average Bonchev–Trinajstić information content (AvgIpc) is 3.09. The van der Waals surface area contributed by atoms with E-state index in [2.05, 4.69) is 20.1 Å². The van der Waals surface area contributed by atoms with Gasteiger partial charge in [-0.3, -0.25) is 18.5 Å². The number of phenols is 2. The highest BCUT2D eigenvalue weighted by molar-refractivity contribution is 7.93. The van der Waals surface area contributed by atoms with Gasteiger partial charge in [-0.25, -0.2) is 21.6 Å². The Kier molecular flexibility index (Phi) is 9.64. The van der Waals surface area contributed by atoms with Crippen LogP contribution in [-0.2, 0) is 40.3 Å². The second-order valence-electron chi connectivity index (χ2n) is 11.4. The van der Waals surface area contributed by atoms with Crippen LogP contribution in [0.1, 0.15) is 0 Å². The Balaban J connectivity index is 1.19. The van der Waals surface area contributed by atoms with Crippen LogP contribution in [0.3, 0.4) is 0 Å². The van der Waals surface area contributed by atoms with E-state index in [-0.39, 0.29) is 42.7 Å². The first-order valence-electron chi connectivity index (χ1n) is 15.0. The number of hydrogen-bond acceptors (Lipinski definition) is 11. The molecule has 6 rings (SSSR count). The third-order valence-electron chi connectivity index (χ3n) is 7.81. The van der Waals surface area contributed by atoms with E-state index >= 15 is 0 Å². The first kappa shape index (κ1) is 37.8. The average molecular weight is 815 g/mol. The molecule has 0 aliphatic heterocycles. The van der Waals surface area contributed by atoms with Gasteiger partial charge in [0.2, 0.25) is 0 Å². The minimum Gasteiger partial charge on any atom is -0.505 e. The zero-order valence-corrected chi connectivity index (χ0v) is 30.3. The first-order valence-corrected chi connectivity index (χ1v) is 20.9. The molecule has 0 aromatic heterocycles. The summed E-state index contributed by atoms with van der Waals surface area (Å²) in [6.45, 7) is 0. The fraction of sp³-hybridized carbons (Fsp3) is 0. The Morgan fingerprint density at radius 3 is 1.22 bits per heavy atom. The highest BCUT2D eigenvalue weighted by Gasteiger charge is 2.24. The lowest BCUT2D eigenvalue weighted by molar-refractivity contribution is 0.262. The Morgan fingerprint density at radius 2 is 0.852 bits per heavy atom. The molecule has 21 heteroatoms. The normalized spacial score (nSPS) is 12.3. The van der Waals surface area contributed by atoms with Crippen molar-refractivity contribution >= 4 is 90.6 Å². The molecule has 0 saturated carbocycles. The number of aromatic hydroxyl groups is 2. The van der Waals surface area contributed by atoms with Crippen LogP contribution >= 0.6 is 0 Å². The highest BCUT2D eigenvalue weighted by Crippen LogP contribution is 2.39. The first-order chi connectivity index (χ1) is 25.2. The van der Waals surface area contributed by atoms with Crippen molar-refractivity contribution in [2.45, 2.75) is 19.6 Å². The topological polar surface area (TPSA) is 283 Å². The molecule has 54 heavy (non-hydrogen) atoms. The number of anilines is 4. The molecular weight excluding hydrogens is 789 g/mol. The second-order valence-corrected chi connectivity index (χ2v) is 17.6. The highest BCUT2D eigenvalue weighted by atomic mass is 32.2. The summed E-state index contributed by atoms with van der Waals surface area (Å²) >= 11 is 0. The summed E-state index contributed by atoms with van der Waals surface area (Å²) in [5, 5.41) is 26.2. The van der Waals surface area contributed by atoms with E-state index in [1.165, 1.54) is 84.9 Å². The van der Waals surface area contributed by atoms with Gasteiger partial charge in [-0.05, 0) is 71.4 Å². The Morgan fingerprint density at radius 1 is 0.481 bits per heavy atom. The van der Waals surface area contributed by atoms with Crippen molar-refractivity contribution in [3.05, 3.63) is 109 Å². The predicted octanol–water partition coefficient (Wildman–Crippen LogP) is 5.14. The minimum absolute atomic E-state index is 0.0340. The van der Waals surface area contributed by atoms with Crippen LogP contribution in [0.4, 0.5) is 27.5 Å². The number of phenolic OH excluding ortho intramolecular Hbond substituents is 2. The lowest BCUT2D eigenvalue weighted by atomic mass is 10.1. The number of nitrogens with one attached hydrogen (secondary N) is 4. The van der Waals surface area contributed by atoms with Crippen molar-refractivity contribution in [2.75, 3.05) is 20.1 Å². The fourth-order valence-corrected chi connectivity index (χ4v) is 9.10. The minimum atomic E-state index is -4.79. The molecule has 8 N–H and O–H groups in total. The number of urea groups is 1. The van der Waals surface area contributed by atoms with Crippen LogP contribution in [0.15, 0.2) is 129 Å². The molecular formula is C33H26N4O13S4. The van der Waals surface area contributed by atoms with Crippen LogP contribution in [-0.4, -0.2) is 59.0 Å². The SMILES string of the molecule is O=C(Nc1cccc(S(=O)(=O)Nc2ccc3cccc(S(=O)(=O)O)c3c2O)c1)Nc1cccc(S(=O)(=O)Nc2ccc3cccc(S(=O)(=O)O)c3c2O)c1. The number of amides is 2. The number of fused-ring (bicyclic) bond motifs is 2. The van der Waals surface area contributed by atoms with Crippen LogP contribution in [0.5, 0.6) is 11.5 Å². The number of carbonyl (C=O) groups is 1. The van der Waals surface area contributed by atoms with Crippen molar-refractivity contribution < 1.29 is 57.8 Å². The Bertz CT molecular complexity index is 2770. The predicted molar refractivity (Wildman–Crippen MR) is 198 cm³/mol. The van der Waals surface area contributed by atoms with Gasteiger partial charge in [0.25, 0.3) is 40.3 Å². The summed E-state index contributed by atoms with van der Waals surface area (Å²) in [6.07, 6.45) is 0. The molecule has 0 heterocycles. The molecule has 6 aromatic rings. The zero-order chi connectivity index (χ0) is 39.2. The third kappa shape index (κ3) is 7.71.